The SMILES string of the molecule is ClCCn1ccc2ncnc(Cl)c21.Clc1cc(N2CCn3ccc4ncnc2c43)ccc1Oc1cccc2sncc12. The molecule has 7 aromatic rings. The summed E-state index contributed by atoms with van der Waals surface area (Å²) in [4.78, 5) is 19.1. The van der Waals surface area contributed by atoms with Gasteiger partial charge in [-0.3, -0.25) is 0 Å². The van der Waals surface area contributed by atoms with Gasteiger partial charge in [-0.25, -0.2) is 19.9 Å². The van der Waals surface area contributed by atoms with Crippen LogP contribution in [0.15, 0.2) is 79.8 Å². The Bertz CT molecular complexity index is 2060. The highest BCUT2D eigenvalue weighted by molar-refractivity contribution is 7.13. The molecule has 8 rings (SSSR count). The molecule has 0 bridgehead atoms. The van der Waals surface area contributed by atoms with Gasteiger partial charge in [0.05, 0.1) is 32.3 Å². The van der Waals surface area contributed by atoms with Gasteiger partial charge in [0.25, 0.3) is 0 Å². The van der Waals surface area contributed by atoms with E-state index in [0.29, 0.717) is 21.8 Å². The largest absolute Gasteiger partial charge is 0.455 e. The standard InChI is InChI=1S/C21H14ClN5OS.C8H7Cl2N3/c22-15-10-13(27-9-8-26-7-6-16-20(26)21(27)24-12-23-16)4-5-18(15)28-17-2-1-3-19-14(17)11-25-29-19;9-2-4-13-3-1-6-7(13)8(10)12-5-11-6/h1-7,10-12H,8-9H2;1,3,5H,2,4H2. The molecule has 0 aliphatic carbocycles. The van der Waals surface area contributed by atoms with Gasteiger partial charge in [0, 0.05) is 43.6 Å². The van der Waals surface area contributed by atoms with Crippen LogP contribution in [-0.4, -0.2) is 45.9 Å². The summed E-state index contributed by atoms with van der Waals surface area (Å²) >= 11 is 19.6. The molecular weight excluding hydrogens is 615 g/mol. The van der Waals surface area contributed by atoms with Crippen LogP contribution in [-0.2, 0) is 13.1 Å². The highest BCUT2D eigenvalue weighted by atomic mass is 35.5. The molecule has 0 saturated carbocycles. The first-order valence-electron chi connectivity index (χ1n) is 13.0. The van der Waals surface area contributed by atoms with Crippen LogP contribution in [0.1, 0.15) is 0 Å². The van der Waals surface area contributed by atoms with Crippen LogP contribution in [0.25, 0.3) is 32.2 Å². The predicted molar refractivity (Wildman–Crippen MR) is 169 cm³/mol. The molecule has 0 amide bonds. The van der Waals surface area contributed by atoms with E-state index in [1.54, 1.807) is 6.33 Å². The van der Waals surface area contributed by atoms with Gasteiger partial charge in [-0.2, -0.15) is 4.37 Å². The molecule has 42 heavy (non-hydrogen) atoms. The molecule has 13 heteroatoms. The van der Waals surface area contributed by atoms with E-state index in [4.69, 9.17) is 39.5 Å². The quantitative estimate of drug-likeness (QED) is 0.140. The third kappa shape index (κ3) is 4.90. The van der Waals surface area contributed by atoms with Crippen molar-refractivity contribution in [1.82, 2.24) is 33.4 Å². The lowest BCUT2D eigenvalue weighted by Gasteiger charge is -2.29. The van der Waals surface area contributed by atoms with Crippen LogP contribution in [0.3, 0.4) is 0 Å². The van der Waals surface area contributed by atoms with Crippen LogP contribution in [0.2, 0.25) is 10.2 Å². The van der Waals surface area contributed by atoms with Gasteiger partial charge in [0.15, 0.2) is 11.0 Å². The first-order chi connectivity index (χ1) is 20.6. The maximum absolute atomic E-state index is 6.60. The van der Waals surface area contributed by atoms with Gasteiger partial charge in [-0.1, -0.05) is 29.3 Å². The van der Waals surface area contributed by atoms with Crippen molar-refractivity contribution in [2.24, 2.45) is 0 Å². The summed E-state index contributed by atoms with van der Waals surface area (Å²) in [6, 6.07) is 15.7. The molecule has 0 atom stereocenters. The summed E-state index contributed by atoms with van der Waals surface area (Å²) in [7, 11) is 0. The molecule has 0 spiro atoms. The average Bonchev–Trinajstić information content (AvgIpc) is 3.76. The Hall–Kier alpha value is -3.96. The van der Waals surface area contributed by atoms with Crippen LogP contribution in [0.5, 0.6) is 11.5 Å². The smallest absolute Gasteiger partial charge is 0.161 e. The predicted octanol–water partition coefficient (Wildman–Crippen LogP) is 7.96. The molecule has 210 valence electrons. The van der Waals surface area contributed by atoms with Crippen LogP contribution < -0.4 is 9.64 Å². The fourth-order valence-electron chi connectivity index (χ4n) is 5.05. The van der Waals surface area contributed by atoms with Crippen molar-refractivity contribution in [2.75, 3.05) is 17.3 Å². The molecule has 0 fully saturated rings. The minimum Gasteiger partial charge on any atom is -0.455 e. The lowest BCUT2D eigenvalue weighted by molar-refractivity contribution is 0.488. The zero-order chi connectivity index (χ0) is 28.6. The molecule has 6 heterocycles. The maximum Gasteiger partial charge on any atom is 0.161 e. The zero-order valence-electron chi connectivity index (χ0n) is 21.9. The lowest BCUT2D eigenvalue weighted by atomic mass is 10.2. The second kappa shape index (κ2) is 11.4. The fraction of sp³-hybridized carbons (Fsp3) is 0.138. The second-order valence-corrected chi connectivity index (χ2v) is 11.4. The monoisotopic (exact) mass is 634 g/mol. The summed E-state index contributed by atoms with van der Waals surface area (Å²) in [6.07, 6.45) is 8.85. The van der Waals surface area contributed by atoms with Crippen molar-refractivity contribution in [2.45, 2.75) is 13.1 Å². The number of ether oxygens (including phenoxy) is 1. The zero-order valence-corrected chi connectivity index (χ0v) is 24.9. The Labute approximate surface area is 259 Å². The first kappa shape index (κ1) is 26.9. The number of rotatable bonds is 5. The minimum atomic E-state index is 0.472. The van der Waals surface area contributed by atoms with Crippen LogP contribution in [0, 0.1) is 0 Å². The van der Waals surface area contributed by atoms with E-state index in [1.165, 1.54) is 17.9 Å². The number of hydrogen-bond donors (Lipinski definition) is 0. The molecule has 5 aromatic heterocycles. The number of aryl methyl sites for hydroxylation is 1. The van der Waals surface area contributed by atoms with Crippen molar-refractivity contribution < 1.29 is 4.74 Å². The van der Waals surface area contributed by atoms with E-state index in [9.17, 15) is 0 Å². The van der Waals surface area contributed by atoms with Crippen LogP contribution in [0.4, 0.5) is 11.5 Å². The van der Waals surface area contributed by atoms with Gasteiger partial charge in [0.2, 0.25) is 0 Å². The minimum absolute atomic E-state index is 0.472. The third-order valence-electron chi connectivity index (χ3n) is 6.99. The van der Waals surface area contributed by atoms with Crippen molar-refractivity contribution in [3.05, 3.63) is 90.0 Å². The van der Waals surface area contributed by atoms with Gasteiger partial charge < -0.3 is 18.8 Å². The fourth-order valence-corrected chi connectivity index (χ4v) is 6.36. The van der Waals surface area contributed by atoms with Gasteiger partial charge in [-0.15, -0.1) is 11.6 Å². The summed E-state index contributed by atoms with van der Waals surface area (Å²) < 4.78 is 15.6. The molecule has 9 nitrogen and oxygen atoms in total. The highest BCUT2D eigenvalue weighted by Crippen LogP contribution is 2.39. The van der Waals surface area contributed by atoms with E-state index < -0.39 is 0 Å². The Balaban J connectivity index is 0.000000186. The number of hydrogen-bond acceptors (Lipinski definition) is 8. The average molecular weight is 636 g/mol. The lowest BCUT2D eigenvalue weighted by Crippen LogP contribution is -2.28. The van der Waals surface area contributed by atoms with Crippen molar-refractivity contribution >= 4 is 90.0 Å². The normalized spacial score (nSPS) is 12.6. The summed E-state index contributed by atoms with van der Waals surface area (Å²) in [6.45, 7) is 2.40. The molecule has 1 aliphatic rings. The number of halogens is 3. The third-order valence-corrected chi connectivity index (χ3v) is 8.49. The molecule has 0 saturated heterocycles. The first-order valence-corrected chi connectivity index (χ1v) is 15.1. The molecule has 0 N–H and O–H groups in total. The Morgan fingerprint density at radius 3 is 2.55 bits per heavy atom. The summed E-state index contributed by atoms with van der Waals surface area (Å²) in [5.74, 6) is 2.81. The molecule has 0 unspecified atom stereocenters. The maximum atomic E-state index is 6.60. The Morgan fingerprint density at radius 1 is 0.857 bits per heavy atom. The van der Waals surface area contributed by atoms with Gasteiger partial charge in [-0.05, 0) is 54.0 Å². The molecular formula is C29H21Cl3N8OS. The molecule has 1 aliphatic heterocycles. The summed E-state index contributed by atoms with van der Waals surface area (Å²) in [5, 5.41) is 2.01. The number of fused-ring (bicyclic) bond motifs is 2. The summed E-state index contributed by atoms with van der Waals surface area (Å²) in [5.41, 5.74) is 4.68. The highest BCUT2D eigenvalue weighted by Gasteiger charge is 2.23. The molecule has 0 radical (unpaired) electrons. The van der Waals surface area contributed by atoms with E-state index in [0.717, 1.165) is 69.0 Å². The number of benzene rings is 2. The topological polar surface area (TPSA) is 86.8 Å². The van der Waals surface area contributed by atoms with Gasteiger partial charge >= 0.3 is 0 Å². The van der Waals surface area contributed by atoms with E-state index >= 15 is 0 Å². The van der Waals surface area contributed by atoms with E-state index in [2.05, 4.69) is 40.0 Å². The second-order valence-electron chi connectivity index (χ2n) is 9.40. The van der Waals surface area contributed by atoms with Crippen molar-refractivity contribution in [3.8, 4) is 11.5 Å². The number of anilines is 2. The van der Waals surface area contributed by atoms with E-state index in [-0.39, 0.29) is 0 Å². The van der Waals surface area contributed by atoms with Gasteiger partial charge in [0.1, 0.15) is 35.2 Å². The van der Waals surface area contributed by atoms with E-state index in [1.807, 2.05) is 65.5 Å². The number of alkyl halides is 1. The Kier molecular flexibility index (Phi) is 7.29. The van der Waals surface area contributed by atoms with Crippen molar-refractivity contribution in [3.63, 3.8) is 0 Å². The Morgan fingerprint density at radius 2 is 1.69 bits per heavy atom. The number of nitrogens with zero attached hydrogens (tertiary/aromatic N) is 8. The van der Waals surface area contributed by atoms with Crippen molar-refractivity contribution in [1.29, 1.82) is 0 Å². The molecule has 2 aromatic carbocycles. The van der Waals surface area contributed by atoms with Crippen LogP contribution >= 0.6 is 46.3 Å². The number of aromatic nitrogens is 7.